The molecule has 0 radical (unpaired) electrons. The van der Waals surface area contributed by atoms with Gasteiger partial charge in [0, 0.05) is 16.8 Å². The molecule has 2 nitrogen and oxygen atoms in total. The van der Waals surface area contributed by atoms with E-state index in [0.29, 0.717) is 5.02 Å². The quantitative estimate of drug-likeness (QED) is 0.638. The Morgan fingerprint density at radius 2 is 1.83 bits per heavy atom. The van der Waals surface area contributed by atoms with Crippen LogP contribution in [0.5, 0.6) is 0 Å². The van der Waals surface area contributed by atoms with E-state index in [9.17, 15) is 4.79 Å². The molecule has 0 bridgehead atoms. The van der Waals surface area contributed by atoms with E-state index in [1.54, 1.807) is 18.2 Å². The van der Waals surface area contributed by atoms with Crippen LogP contribution in [0, 0.1) is 6.92 Å². The van der Waals surface area contributed by atoms with Crippen molar-refractivity contribution in [2.45, 2.75) is 6.92 Å². The Kier molecular flexibility index (Phi) is 4.45. The molecule has 0 unspecified atom stereocenters. The molecule has 0 atom stereocenters. The molecule has 23 heavy (non-hydrogen) atoms. The maximum absolute atomic E-state index is 12.1. The molecule has 0 spiro atoms. The molecule has 0 aromatic heterocycles. The zero-order valence-corrected chi connectivity index (χ0v) is 13.5. The number of benzene rings is 3. The third-order valence-electron chi connectivity index (χ3n) is 3.70. The van der Waals surface area contributed by atoms with Gasteiger partial charge >= 0.3 is 0 Å². The predicted octanol–water partition coefficient (Wildman–Crippen LogP) is 5.45. The molecule has 1 N–H and O–H groups in total. The highest BCUT2D eigenvalue weighted by atomic mass is 35.5. The number of carbonyl (C=O) groups is 1. The fourth-order valence-corrected chi connectivity index (χ4v) is 2.64. The van der Waals surface area contributed by atoms with Crippen molar-refractivity contribution in [3.8, 4) is 0 Å². The van der Waals surface area contributed by atoms with Gasteiger partial charge in [-0.15, -0.1) is 0 Å². The van der Waals surface area contributed by atoms with Crippen LogP contribution in [-0.4, -0.2) is 5.91 Å². The van der Waals surface area contributed by atoms with E-state index >= 15 is 0 Å². The van der Waals surface area contributed by atoms with Crippen LogP contribution in [0.2, 0.25) is 5.02 Å². The smallest absolute Gasteiger partial charge is 0.248 e. The van der Waals surface area contributed by atoms with Crippen molar-refractivity contribution in [3.63, 3.8) is 0 Å². The number of hydrogen-bond acceptors (Lipinski definition) is 1. The third-order valence-corrected chi connectivity index (χ3v) is 3.93. The first kappa shape index (κ1) is 15.3. The van der Waals surface area contributed by atoms with Crippen molar-refractivity contribution in [1.29, 1.82) is 0 Å². The number of halogens is 1. The summed E-state index contributed by atoms with van der Waals surface area (Å²) in [5.41, 5.74) is 2.72. The number of nitrogens with one attached hydrogen (secondary N) is 1. The highest BCUT2D eigenvalue weighted by Crippen LogP contribution is 2.21. The predicted molar refractivity (Wildman–Crippen MR) is 97.8 cm³/mol. The largest absolute Gasteiger partial charge is 0.322 e. The van der Waals surface area contributed by atoms with Gasteiger partial charge in [0.1, 0.15) is 0 Å². The Labute approximate surface area is 140 Å². The Morgan fingerprint density at radius 1 is 1.04 bits per heavy atom. The zero-order chi connectivity index (χ0) is 16.2. The van der Waals surface area contributed by atoms with E-state index in [1.165, 1.54) is 0 Å². The van der Waals surface area contributed by atoms with Crippen LogP contribution < -0.4 is 5.32 Å². The van der Waals surface area contributed by atoms with Gasteiger partial charge < -0.3 is 5.32 Å². The molecule has 1 amide bonds. The summed E-state index contributed by atoms with van der Waals surface area (Å²) in [4.78, 5) is 12.1. The first-order valence-electron chi connectivity index (χ1n) is 7.36. The van der Waals surface area contributed by atoms with Crippen LogP contribution in [0.1, 0.15) is 11.1 Å². The molecule has 0 aliphatic carbocycles. The summed E-state index contributed by atoms with van der Waals surface area (Å²) in [5.74, 6) is -0.177. The van der Waals surface area contributed by atoms with E-state index in [2.05, 4.69) is 17.4 Å². The molecular formula is C20H16ClNO. The number of amides is 1. The Balaban J connectivity index is 1.82. The van der Waals surface area contributed by atoms with Crippen LogP contribution >= 0.6 is 11.6 Å². The van der Waals surface area contributed by atoms with Gasteiger partial charge in [0.25, 0.3) is 0 Å². The lowest BCUT2D eigenvalue weighted by molar-refractivity contribution is -0.111. The normalized spacial score (nSPS) is 11.0. The van der Waals surface area contributed by atoms with Gasteiger partial charge in [0.2, 0.25) is 5.91 Å². The average molecular weight is 322 g/mol. The number of fused-ring (bicyclic) bond motifs is 1. The Hall–Kier alpha value is -2.58. The standard InChI is InChI=1S/C20H16ClNO/c1-14-9-11-17(21)13-19(14)22-20(23)12-10-16-7-4-6-15-5-2-3-8-18(15)16/h2-13H,1H3,(H,22,23)/b12-10+. The summed E-state index contributed by atoms with van der Waals surface area (Å²) in [6.45, 7) is 1.93. The second-order valence-corrected chi connectivity index (χ2v) is 5.79. The summed E-state index contributed by atoms with van der Waals surface area (Å²) in [7, 11) is 0. The topological polar surface area (TPSA) is 29.1 Å². The lowest BCUT2D eigenvalue weighted by Crippen LogP contribution is -2.08. The van der Waals surface area contributed by atoms with E-state index in [0.717, 1.165) is 27.6 Å². The van der Waals surface area contributed by atoms with Gasteiger partial charge in [0.15, 0.2) is 0 Å². The summed E-state index contributed by atoms with van der Waals surface area (Å²) in [5, 5.41) is 5.74. The summed E-state index contributed by atoms with van der Waals surface area (Å²) < 4.78 is 0. The van der Waals surface area contributed by atoms with Crippen molar-refractivity contribution < 1.29 is 4.79 Å². The van der Waals surface area contributed by atoms with Crippen LogP contribution in [0.4, 0.5) is 5.69 Å². The fourth-order valence-electron chi connectivity index (χ4n) is 2.46. The van der Waals surface area contributed by atoms with Gasteiger partial charge in [-0.1, -0.05) is 60.1 Å². The maximum atomic E-state index is 12.1. The molecule has 0 fully saturated rings. The number of anilines is 1. The number of rotatable bonds is 3. The molecule has 3 aromatic carbocycles. The van der Waals surface area contributed by atoms with Gasteiger partial charge in [-0.05, 0) is 47.0 Å². The van der Waals surface area contributed by atoms with Crippen molar-refractivity contribution in [3.05, 3.63) is 82.9 Å². The number of carbonyl (C=O) groups excluding carboxylic acids is 1. The van der Waals surface area contributed by atoms with Crippen molar-refractivity contribution in [1.82, 2.24) is 0 Å². The van der Waals surface area contributed by atoms with Gasteiger partial charge in [-0.3, -0.25) is 4.79 Å². The van der Waals surface area contributed by atoms with E-state index in [4.69, 9.17) is 11.6 Å². The molecule has 3 aromatic rings. The molecule has 0 aliphatic rings. The van der Waals surface area contributed by atoms with E-state index < -0.39 is 0 Å². The van der Waals surface area contributed by atoms with Gasteiger partial charge in [-0.25, -0.2) is 0 Å². The number of aryl methyl sites for hydroxylation is 1. The zero-order valence-electron chi connectivity index (χ0n) is 12.7. The fraction of sp³-hybridized carbons (Fsp3) is 0.0500. The van der Waals surface area contributed by atoms with Gasteiger partial charge in [-0.2, -0.15) is 0 Å². The molecule has 0 aliphatic heterocycles. The Bertz CT molecular complexity index is 894. The minimum atomic E-state index is -0.177. The lowest BCUT2D eigenvalue weighted by atomic mass is 10.0. The Morgan fingerprint density at radius 3 is 2.70 bits per heavy atom. The second-order valence-electron chi connectivity index (χ2n) is 5.35. The summed E-state index contributed by atoms with van der Waals surface area (Å²) in [6.07, 6.45) is 3.37. The monoisotopic (exact) mass is 321 g/mol. The lowest BCUT2D eigenvalue weighted by Gasteiger charge is -2.07. The molecule has 0 heterocycles. The maximum Gasteiger partial charge on any atom is 0.248 e. The van der Waals surface area contributed by atoms with Crippen LogP contribution in [-0.2, 0) is 4.79 Å². The van der Waals surface area contributed by atoms with Gasteiger partial charge in [0.05, 0.1) is 0 Å². The average Bonchev–Trinajstić information content (AvgIpc) is 2.56. The first-order valence-corrected chi connectivity index (χ1v) is 7.74. The molecular weight excluding hydrogens is 306 g/mol. The number of hydrogen-bond donors (Lipinski definition) is 1. The summed E-state index contributed by atoms with van der Waals surface area (Å²) in [6, 6.07) is 19.6. The molecule has 0 saturated carbocycles. The highest BCUT2D eigenvalue weighted by Gasteiger charge is 2.03. The summed E-state index contributed by atoms with van der Waals surface area (Å²) >= 11 is 5.97. The van der Waals surface area contributed by atoms with E-state index in [1.807, 2.05) is 49.4 Å². The highest BCUT2D eigenvalue weighted by molar-refractivity contribution is 6.31. The van der Waals surface area contributed by atoms with Crippen molar-refractivity contribution in [2.75, 3.05) is 5.32 Å². The minimum Gasteiger partial charge on any atom is -0.322 e. The van der Waals surface area contributed by atoms with Crippen LogP contribution in [0.15, 0.2) is 66.7 Å². The van der Waals surface area contributed by atoms with Crippen molar-refractivity contribution >= 4 is 40.0 Å². The SMILES string of the molecule is Cc1ccc(Cl)cc1NC(=O)/C=C/c1cccc2ccccc12. The second kappa shape index (κ2) is 6.67. The minimum absolute atomic E-state index is 0.177. The van der Waals surface area contributed by atoms with Crippen LogP contribution in [0.3, 0.4) is 0 Å². The van der Waals surface area contributed by atoms with E-state index in [-0.39, 0.29) is 5.91 Å². The van der Waals surface area contributed by atoms with Crippen LogP contribution in [0.25, 0.3) is 16.8 Å². The molecule has 0 saturated heterocycles. The first-order chi connectivity index (χ1) is 11.1. The molecule has 3 rings (SSSR count). The molecule has 114 valence electrons. The molecule has 3 heteroatoms. The van der Waals surface area contributed by atoms with Crippen molar-refractivity contribution in [2.24, 2.45) is 0 Å². The third kappa shape index (κ3) is 3.61.